The predicted octanol–water partition coefficient (Wildman–Crippen LogP) is 4.44. The summed E-state index contributed by atoms with van der Waals surface area (Å²) in [6.07, 6.45) is 5.04. The molecule has 0 heterocycles. The lowest BCUT2D eigenvalue weighted by atomic mass is 10.1. The lowest BCUT2D eigenvalue weighted by Gasteiger charge is -2.13. The molecule has 0 radical (unpaired) electrons. The molecule has 0 aliphatic carbocycles. The molecule has 0 saturated heterocycles. The molecule has 0 aliphatic rings. The Morgan fingerprint density at radius 2 is 1.40 bits per heavy atom. The van der Waals surface area contributed by atoms with Gasteiger partial charge in [0.1, 0.15) is 11.5 Å². The Bertz CT molecular complexity index is 561. The second-order valence-corrected chi connectivity index (χ2v) is 4.50. The van der Waals surface area contributed by atoms with Gasteiger partial charge in [-0.15, -0.1) is 0 Å². The molecule has 2 rings (SSSR count). The van der Waals surface area contributed by atoms with Crippen molar-refractivity contribution >= 4 is 12.2 Å². The molecule has 0 unspecified atom stereocenters. The maximum atomic E-state index is 5.46. The van der Waals surface area contributed by atoms with Crippen molar-refractivity contribution in [1.82, 2.24) is 0 Å². The summed E-state index contributed by atoms with van der Waals surface area (Å²) in [7, 11) is 3.39. The lowest BCUT2D eigenvalue weighted by molar-refractivity contribution is 0.386. The molecular weight excluding hydrogens is 248 g/mol. The van der Waals surface area contributed by atoms with Crippen LogP contribution in [-0.4, -0.2) is 14.2 Å². The highest BCUT2D eigenvalue weighted by Gasteiger charge is 2.09. The Morgan fingerprint density at radius 1 is 0.850 bits per heavy atom. The molecule has 104 valence electrons. The third-order valence-electron chi connectivity index (χ3n) is 3.25. The van der Waals surface area contributed by atoms with Crippen molar-refractivity contribution in [3.8, 4) is 11.5 Å². The fourth-order valence-corrected chi connectivity index (χ4v) is 2.21. The minimum Gasteiger partial charge on any atom is -0.496 e. The van der Waals surface area contributed by atoms with Gasteiger partial charge in [0, 0.05) is 5.56 Å². The highest BCUT2D eigenvalue weighted by molar-refractivity contribution is 5.71. The van der Waals surface area contributed by atoms with Crippen molar-refractivity contribution in [2.24, 2.45) is 0 Å². The summed E-state index contributed by atoms with van der Waals surface area (Å²) in [6.45, 7) is 2.10. The van der Waals surface area contributed by atoms with E-state index in [1.807, 2.05) is 30.3 Å². The summed E-state index contributed by atoms with van der Waals surface area (Å²) in [5, 5.41) is 0. The Labute approximate surface area is 120 Å². The largest absolute Gasteiger partial charge is 0.496 e. The van der Waals surface area contributed by atoms with Gasteiger partial charge < -0.3 is 9.47 Å². The van der Waals surface area contributed by atoms with E-state index >= 15 is 0 Å². The van der Waals surface area contributed by atoms with E-state index in [2.05, 4.69) is 31.2 Å². The zero-order chi connectivity index (χ0) is 14.4. The van der Waals surface area contributed by atoms with E-state index in [9.17, 15) is 0 Å². The molecule has 0 N–H and O–H groups in total. The van der Waals surface area contributed by atoms with Crippen molar-refractivity contribution < 1.29 is 9.47 Å². The van der Waals surface area contributed by atoms with E-state index in [0.29, 0.717) is 0 Å². The standard InChI is InChI=1S/C18H20O2/c1-4-16-17(19-2)12-15(13-18(16)20-3)11-10-14-8-6-5-7-9-14/h5-13H,4H2,1-3H3/b11-10+. The minimum atomic E-state index is 0.875. The number of ether oxygens (including phenoxy) is 2. The second-order valence-electron chi connectivity index (χ2n) is 4.50. The van der Waals surface area contributed by atoms with Crippen molar-refractivity contribution in [3.63, 3.8) is 0 Å². The molecule has 0 fully saturated rings. The van der Waals surface area contributed by atoms with Crippen LogP contribution >= 0.6 is 0 Å². The van der Waals surface area contributed by atoms with Gasteiger partial charge in [-0.05, 0) is 29.7 Å². The highest BCUT2D eigenvalue weighted by atomic mass is 16.5. The first kappa shape index (κ1) is 14.2. The molecule has 0 bridgehead atoms. The zero-order valence-corrected chi connectivity index (χ0v) is 12.2. The Hall–Kier alpha value is -2.22. The average molecular weight is 268 g/mol. The van der Waals surface area contributed by atoms with Crippen LogP contribution < -0.4 is 9.47 Å². The van der Waals surface area contributed by atoms with E-state index in [1.54, 1.807) is 14.2 Å². The van der Waals surface area contributed by atoms with Gasteiger partial charge >= 0.3 is 0 Å². The molecule has 2 nitrogen and oxygen atoms in total. The van der Waals surface area contributed by atoms with Crippen LogP contribution in [0.25, 0.3) is 12.2 Å². The van der Waals surface area contributed by atoms with Gasteiger partial charge in [-0.3, -0.25) is 0 Å². The molecule has 2 aromatic carbocycles. The summed E-state index contributed by atoms with van der Waals surface area (Å²) in [5.74, 6) is 1.75. The minimum absolute atomic E-state index is 0.875. The first-order chi connectivity index (χ1) is 9.78. The monoisotopic (exact) mass is 268 g/mol. The maximum Gasteiger partial charge on any atom is 0.126 e. The molecule has 0 atom stereocenters. The van der Waals surface area contributed by atoms with Crippen molar-refractivity contribution in [3.05, 3.63) is 59.2 Å². The van der Waals surface area contributed by atoms with E-state index in [-0.39, 0.29) is 0 Å². The predicted molar refractivity (Wildman–Crippen MR) is 84.3 cm³/mol. The van der Waals surface area contributed by atoms with Crippen molar-refractivity contribution in [2.45, 2.75) is 13.3 Å². The SMILES string of the molecule is CCc1c(OC)cc(/C=C/c2ccccc2)cc1OC. The number of benzene rings is 2. The topological polar surface area (TPSA) is 18.5 Å². The van der Waals surface area contributed by atoms with Crippen LogP contribution in [0.4, 0.5) is 0 Å². The van der Waals surface area contributed by atoms with Gasteiger partial charge in [0.25, 0.3) is 0 Å². The van der Waals surface area contributed by atoms with Gasteiger partial charge in [-0.25, -0.2) is 0 Å². The van der Waals surface area contributed by atoms with E-state index in [1.165, 1.54) is 5.56 Å². The molecule has 20 heavy (non-hydrogen) atoms. The highest BCUT2D eigenvalue weighted by Crippen LogP contribution is 2.31. The third-order valence-corrected chi connectivity index (χ3v) is 3.25. The van der Waals surface area contributed by atoms with Crippen LogP contribution in [0.15, 0.2) is 42.5 Å². The lowest BCUT2D eigenvalue weighted by Crippen LogP contribution is -1.96. The Morgan fingerprint density at radius 3 is 1.90 bits per heavy atom. The normalized spacial score (nSPS) is 10.8. The van der Waals surface area contributed by atoms with Crippen LogP contribution in [0, 0.1) is 0 Å². The molecule has 0 saturated carbocycles. The van der Waals surface area contributed by atoms with E-state index in [0.717, 1.165) is 29.0 Å². The third kappa shape index (κ3) is 3.21. The fourth-order valence-electron chi connectivity index (χ4n) is 2.21. The smallest absolute Gasteiger partial charge is 0.126 e. The van der Waals surface area contributed by atoms with Crippen molar-refractivity contribution in [1.29, 1.82) is 0 Å². The van der Waals surface area contributed by atoms with E-state index < -0.39 is 0 Å². The quantitative estimate of drug-likeness (QED) is 0.746. The number of methoxy groups -OCH3 is 2. The summed E-state index contributed by atoms with van der Waals surface area (Å²) in [5.41, 5.74) is 3.34. The van der Waals surface area contributed by atoms with Crippen LogP contribution in [0.5, 0.6) is 11.5 Å². The van der Waals surface area contributed by atoms with Gasteiger partial charge in [0.15, 0.2) is 0 Å². The fraction of sp³-hybridized carbons (Fsp3) is 0.222. The number of hydrogen-bond acceptors (Lipinski definition) is 2. The molecule has 0 aliphatic heterocycles. The zero-order valence-electron chi connectivity index (χ0n) is 12.2. The maximum absolute atomic E-state index is 5.46. The van der Waals surface area contributed by atoms with Crippen LogP contribution in [0.1, 0.15) is 23.6 Å². The average Bonchev–Trinajstić information content (AvgIpc) is 2.52. The molecule has 2 aromatic rings. The van der Waals surface area contributed by atoms with Crippen LogP contribution in [0.2, 0.25) is 0 Å². The Kier molecular flexibility index (Phi) is 4.83. The molecule has 0 spiro atoms. The Balaban J connectivity index is 2.35. The van der Waals surface area contributed by atoms with Gasteiger partial charge in [0.2, 0.25) is 0 Å². The van der Waals surface area contributed by atoms with Gasteiger partial charge in [-0.1, -0.05) is 49.4 Å². The van der Waals surface area contributed by atoms with Crippen molar-refractivity contribution in [2.75, 3.05) is 14.2 Å². The molecule has 0 aromatic heterocycles. The summed E-state index contributed by atoms with van der Waals surface area (Å²) < 4.78 is 10.9. The van der Waals surface area contributed by atoms with Gasteiger partial charge in [0.05, 0.1) is 14.2 Å². The number of rotatable bonds is 5. The summed E-state index contributed by atoms with van der Waals surface area (Å²) >= 11 is 0. The summed E-state index contributed by atoms with van der Waals surface area (Å²) in [6, 6.07) is 14.3. The van der Waals surface area contributed by atoms with Crippen LogP contribution in [0.3, 0.4) is 0 Å². The number of hydrogen-bond donors (Lipinski definition) is 0. The molecular formula is C18H20O2. The first-order valence-corrected chi connectivity index (χ1v) is 6.76. The molecule has 2 heteroatoms. The summed E-state index contributed by atoms with van der Waals surface area (Å²) in [4.78, 5) is 0. The van der Waals surface area contributed by atoms with Crippen LogP contribution in [-0.2, 0) is 6.42 Å². The molecule has 0 amide bonds. The second kappa shape index (κ2) is 6.80. The van der Waals surface area contributed by atoms with Gasteiger partial charge in [-0.2, -0.15) is 0 Å². The first-order valence-electron chi connectivity index (χ1n) is 6.76. The van der Waals surface area contributed by atoms with E-state index in [4.69, 9.17) is 9.47 Å².